The summed E-state index contributed by atoms with van der Waals surface area (Å²) in [6.07, 6.45) is 3.18. The molecule has 0 unspecified atom stereocenters. The smallest absolute Gasteiger partial charge is 0.347 e. The number of rotatable bonds is 7. The van der Waals surface area contributed by atoms with E-state index in [1.807, 2.05) is 0 Å². The molecule has 6 rings (SSSR count). The Hall–Kier alpha value is -6.01. The lowest BCUT2D eigenvalue weighted by Gasteiger charge is -2.38. The Morgan fingerprint density at radius 3 is 2.28 bits per heavy atom. The van der Waals surface area contributed by atoms with E-state index in [1.165, 1.54) is 40.0 Å². The molecule has 5 N–H and O–H groups in total. The summed E-state index contributed by atoms with van der Waals surface area (Å²) >= 11 is 0. The summed E-state index contributed by atoms with van der Waals surface area (Å²) in [5, 5.41) is 48.6. The maximum Gasteiger partial charge on any atom is 0.347 e. The van der Waals surface area contributed by atoms with Crippen LogP contribution in [0.1, 0.15) is 78.2 Å². The third kappa shape index (κ3) is 10.5. The number of phenolic OH excluding ortho intramolecular Hbond substituents is 2. The molecule has 368 valence electrons. The molecule has 17 heteroatoms. The molecule has 0 saturated carbocycles. The molecule has 2 aromatic carbocycles. The van der Waals surface area contributed by atoms with E-state index in [2.05, 4.69) is 29.0 Å². The van der Waals surface area contributed by atoms with Gasteiger partial charge in [0.2, 0.25) is 5.43 Å². The van der Waals surface area contributed by atoms with Crippen LogP contribution in [-0.2, 0) is 23.8 Å². The number of hydrogen-bond donors (Lipinski definition) is 5. The number of carbonyl (C=O) groups excluding carboxylic acids is 3. The van der Waals surface area contributed by atoms with E-state index < -0.39 is 88.2 Å². The van der Waals surface area contributed by atoms with Crippen molar-refractivity contribution in [3.05, 3.63) is 69.6 Å². The highest BCUT2D eigenvalue weighted by molar-refractivity contribution is 6.18. The fourth-order valence-electron chi connectivity index (χ4n) is 9.38. The number of aromatic hydroxyl groups is 2. The summed E-state index contributed by atoms with van der Waals surface area (Å²) in [5.41, 5.74) is -0.971. The van der Waals surface area contributed by atoms with E-state index >= 15 is 0 Å². The van der Waals surface area contributed by atoms with Gasteiger partial charge in [-0.05, 0) is 32.8 Å². The van der Waals surface area contributed by atoms with Crippen molar-refractivity contribution in [1.82, 2.24) is 9.88 Å². The SMILES string of the molecule is CCOc1c(C)c(O)c2c(=O)c3c4oc5cc(N6CCN(CC(C)C)CC6)cc(O)c5nc-4c2c1C(=O)O/C=C/[C@H](OC)[C@@H](C)[C@@H](OC(C)=O)[C@H](C)[C@H](O)[C@H](C)[C@@H](O)[C@@H](C)/C=C/C=C(/C)C(=O)N3. The molecule has 3 heterocycles. The molecule has 2 aromatic rings. The first-order valence-electron chi connectivity index (χ1n) is 23.2. The number of aliphatic hydroxyl groups excluding tert-OH is 2. The van der Waals surface area contributed by atoms with Gasteiger partial charge in [0.15, 0.2) is 11.3 Å². The molecule has 17 nitrogen and oxygen atoms in total. The van der Waals surface area contributed by atoms with Gasteiger partial charge in [-0.15, -0.1) is 0 Å². The largest absolute Gasteiger partial charge is 0.507 e. The average Bonchev–Trinajstić information content (AvgIpc) is 3.30. The topological polar surface area (TPSA) is 231 Å². The van der Waals surface area contributed by atoms with Crippen LogP contribution in [0.15, 0.2) is 57.5 Å². The van der Waals surface area contributed by atoms with E-state index in [1.54, 1.807) is 58.9 Å². The number of benzene rings is 3. The second-order valence-electron chi connectivity index (χ2n) is 18.6. The lowest BCUT2D eigenvalue weighted by molar-refractivity contribution is -0.160. The van der Waals surface area contributed by atoms with Gasteiger partial charge in [0, 0.05) is 105 Å². The van der Waals surface area contributed by atoms with Crippen molar-refractivity contribution in [2.75, 3.05) is 56.7 Å². The number of cyclic esters (lactones) is 1. The molecule has 68 heavy (non-hydrogen) atoms. The number of nitrogens with zero attached hydrogens (tertiary/aromatic N) is 3. The van der Waals surface area contributed by atoms with Crippen molar-refractivity contribution in [3.63, 3.8) is 0 Å². The number of amides is 1. The van der Waals surface area contributed by atoms with Crippen LogP contribution in [-0.4, -0.2) is 119 Å². The predicted octanol–water partition coefficient (Wildman–Crippen LogP) is 6.68. The van der Waals surface area contributed by atoms with E-state index in [-0.39, 0.29) is 62.7 Å². The van der Waals surface area contributed by atoms with Crippen LogP contribution in [0.5, 0.6) is 17.2 Å². The van der Waals surface area contributed by atoms with Crippen LogP contribution < -0.4 is 20.4 Å². The quantitative estimate of drug-likeness (QED) is 0.0739. The van der Waals surface area contributed by atoms with Gasteiger partial charge >= 0.3 is 11.9 Å². The Morgan fingerprint density at radius 1 is 0.956 bits per heavy atom. The number of nitrogens with one attached hydrogen (secondary N) is 1. The molecule has 2 bridgehead atoms. The van der Waals surface area contributed by atoms with Crippen molar-refractivity contribution < 1.29 is 58.2 Å². The number of methoxy groups -OCH3 is 1. The average molecular weight is 943 g/mol. The van der Waals surface area contributed by atoms with Crippen LogP contribution in [0.4, 0.5) is 11.4 Å². The lowest BCUT2D eigenvalue weighted by atomic mass is 9.78. The minimum absolute atomic E-state index is 0.0140. The first-order chi connectivity index (χ1) is 32.2. The number of allylic oxidation sites excluding steroid dienone is 2. The summed E-state index contributed by atoms with van der Waals surface area (Å²) in [5.74, 6) is -5.70. The van der Waals surface area contributed by atoms with Crippen molar-refractivity contribution in [2.45, 2.75) is 93.7 Å². The third-order valence-corrected chi connectivity index (χ3v) is 13.2. The molecular weight excluding hydrogens is 877 g/mol. The molecule has 8 atom stereocenters. The zero-order chi connectivity index (χ0) is 49.9. The van der Waals surface area contributed by atoms with Crippen LogP contribution >= 0.6 is 0 Å². The number of aliphatic hydroxyl groups is 2. The first-order valence-corrected chi connectivity index (χ1v) is 23.2. The number of ether oxygens (including phenoxy) is 4. The number of hydrogen-bond acceptors (Lipinski definition) is 16. The zero-order valence-corrected chi connectivity index (χ0v) is 40.8. The van der Waals surface area contributed by atoms with Crippen molar-refractivity contribution in [3.8, 4) is 28.7 Å². The highest BCUT2D eigenvalue weighted by atomic mass is 16.6. The second kappa shape index (κ2) is 21.5. The van der Waals surface area contributed by atoms with Gasteiger partial charge < -0.3 is 54.0 Å². The van der Waals surface area contributed by atoms with Gasteiger partial charge in [0.1, 0.15) is 45.8 Å². The lowest BCUT2D eigenvalue weighted by Crippen LogP contribution is -2.47. The van der Waals surface area contributed by atoms with Gasteiger partial charge in [-0.1, -0.05) is 59.8 Å². The minimum atomic E-state index is -1.16. The van der Waals surface area contributed by atoms with Gasteiger partial charge in [-0.3, -0.25) is 19.3 Å². The molecular formula is C51H66N4O13. The van der Waals surface area contributed by atoms with Crippen LogP contribution in [0.2, 0.25) is 0 Å². The Morgan fingerprint density at radius 2 is 1.65 bits per heavy atom. The summed E-state index contributed by atoms with van der Waals surface area (Å²) in [6, 6.07) is 3.26. The number of aromatic nitrogens is 1. The van der Waals surface area contributed by atoms with E-state index in [4.69, 9.17) is 28.3 Å². The number of anilines is 2. The molecule has 1 amide bonds. The molecule has 0 aromatic heterocycles. The summed E-state index contributed by atoms with van der Waals surface area (Å²) in [6.45, 7) is 21.0. The number of carbonyl (C=O) groups is 3. The van der Waals surface area contributed by atoms with Crippen LogP contribution in [0, 0.1) is 36.5 Å². The fraction of sp³-hybridized carbons (Fsp3) is 0.510. The van der Waals surface area contributed by atoms with Crippen LogP contribution in [0.25, 0.3) is 33.3 Å². The highest BCUT2D eigenvalue weighted by Crippen LogP contribution is 2.47. The minimum Gasteiger partial charge on any atom is -0.507 e. The number of piperazine rings is 1. The predicted molar refractivity (Wildman–Crippen MR) is 258 cm³/mol. The highest BCUT2D eigenvalue weighted by Gasteiger charge is 2.40. The second-order valence-corrected chi connectivity index (χ2v) is 18.6. The number of phenols is 2. The Bertz CT molecular complexity index is 2650. The maximum absolute atomic E-state index is 14.9. The molecule has 0 radical (unpaired) electrons. The van der Waals surface area contributed by atoms with E-state index in [0.717, 1.165) is 25.9 Å². The van der Waals surface area contributed by atoms with Crippen LogP contribution in [0.3, 0.4) is 0 Å². The van der Waals surface area contributed by atoms with E-state index in [0.29, 0.717) is 24.7 Å². The molecule has 0 spiro atoms. The normalized spacial score (nSPS) is 26.7. The summed E-state index contributed by atoms with van der Waals surface area (Å²) in [4.78, 5) is 65.4. The summed E-state index contributed by atoms with van der Waals surface area (Å²) < 4.78 is 29.9. The fourth-order valence-corrected chi connectivity index (χ4v) is 9.38. The maximum atomic E-state index is 14.9. The van der Waals surface area contributed by atoms with Gasteiger partial charge in [-0.2, -0.15) is 0 Å². The number of fused-ring (bicyclic) bond motifs is 1. The number of esters is 2. The molecule has 3 aliphatic heterocycles. The summed E-state index contributed by atoms with van der Waals surface area (Å²) in [7, 11) is 1.41. The monoisotopic (exact) mass is 942 g/mol. The third-order valence-electron chi connectivity index (χ3n) is 13.2. The van der Waals surface area contributed by atoms with Crippen molar-refractivity contribution in [2.24, 2.45) is 29.6 Å². The molecule has 1 aliphatic carbocycles. The molecule has 1 saturated heterocycles. The standard InChI is InChI=1S/C51H66N4O13/c1-12-65-48-31(9)45(60)38-37-39(48)51(63)66-21-16-35(64-11)28(6)47(67-32(10)56)30(8)44(59)29(7)43(58)26(4)14-13-15-27(5)50(62)53-42(46(38)61)49-41(37)52-40-34(57)22-33(23-36(40)68-49)55-19-17-54(18-20-55)24-25(2)3/h13-16,21-23,25-26,28-30,35,43-44,47,57-60H,12,17-20,24H2,1-11H3,(H,53,62)/b14-13+,21-16+,27-15-/t26-,28+,29+,30+,35-,43-,44+,47+/m0/s1. The van der Waals surface area contributed by atoms with Gasteiger partial charge in [0.05, 0.1) is 36.6 Å². The van der Waals surface area contributed by atoms with Gasteiger partial charge in [-0.25, -0.2) is 9.78 Å². The molecule has 4 aliphatic rings. The van der Waals surface area contributed by atoms with Crippen molar-refractivity contribution >= 4 is 51.1 Å². The van der Waals surface area contributed by atoms with Gasteiger partial charge in [0.25, 0.3) is 5.91 Å². The zero-order valence-electron chi connectivity index (χ0n) is 40.8. The molecule has 1 fully saturated rings. The van der Waals surface area contributed by atoms with Crippen molar-refractivity contribution in [1.29, 1.82) is 0 Å². The Kier molecular flexibility index (Phi) is 16.3. The first kappa shape index (κ1) is 51.4. The van der Waals surface area contributed by atoms with E-state index in [9.17, 15) is 39.6 Å². The Balaban J connectivity index is 1.61. The Labute approximate surface area is 396 Å².